The molecule has 1 fully saturated rings. The van der Waals surface area contributed by atoms with Gasteiger partial charge in [-0.2, -0.15) is 0 Å². The van der Waals surface area contributed by atoms with Crippen LogP contribution in [0.2, 0.25) is 0 Å². The average molecular weight is 759 g/mol. The van der Waals surface area contributed by atoms with Crippen molar-refractivity contribution in [3.05, 3.63) is 125 Å². The first-order valence-corrected chi connectivity index (χ1v) is 16.2. The van der Waals surface area contributed by atoms with E-state index in [1.807, 2.05) is 52.9 Å². The number of benzene rings is 3. The fraction of sp³-hybridized carbons (Fsp3) is 0.176. The smallest absolute Gasteiger partial charge is 0.336 e. The lowest BCUT2D eigenvalue weighted by atomic mass is 10.1. The zero-order chi connectivity index (χ0) is 33.7. The van der Waals surface area contributed by atoms with Crippen molar-refractivity contribution in [3.8, 4) is 16.9 Å². The molecule has 0 atom stereocenters. The van der Waals surface area contributed by atoms with Gasteiger partial charge < -0.3 is 10.6 Å². The van der Waals surface area contributed by atoms with Gasteiger partial charge in [-0.25, -0.2) is 13.9 Å². The topological polar surface area (TPSA) is 138 Å². The van der Waals surface area contributed by atoms with Crippen LogP contribution in [0.15, 0.2) is 93.4 Å². The summed E-state index contributed by atoms with van der Waals surface area (Å²) in [4.78, 5) is 54.8. The van der Waals surface area contributed by atoms with Crippen molar-refractivity contribution >= 4 is 56.6 Å². The van der Waals surface area contributed by atoms with Crippen molar-refractivity contribution in [2.75, 3.05) is 10.6 Å². The second-order valence-electron chi connectivity index (χ2n) is 11.6. The highest BCUT2D eigenvalue weighted by atomic mass is 127. The molecular weight excluding hydrogens is 730 g/mol. The first kappa shape index (κ1) is 31.2. The van der Waals surface area contributed by atoms with Crippen LogP contribution < -0.4 is 27.4 Å². The molecule has 0 radical (unpaired) electrons. The predicted molar refractivity (Wildman–Crippen MR) is 189 cm³/mol. The van der Waals surface area contributed by atoms with Gasteiger partial charge >= 0.3 is 5.69 Å². The van der Waals surface area contributed by atoms with E-state index in [1.54, 1.807) is 43.5 Å². The Morgan fingerprint density at radius 1 is 1.00 bits per heavy atom. The largest absolute Gasteiger partial charge is 0.338 e. The number of nitrogens with zero attached hydrogens (tertiary/aromatic N) is 6. The Morgan fingerprint density at radius 2 is 1.77 bits per heavy atom. The summed E-state index contributed by atoms with van der Waals surface area (Å²) >= 11 is 1.99. The zero-order valence-electron chi connectivity index (χ0n) is 25.8. The Bertz CT molecular complexity index is 2430. The van der Waals surface area contributed by atoms with E-state index in [0.29, 0.717) is 33.5 Å². The minimum Gasteiger partial charge on any atom is -0.338 e. The summed E-state index contributed by atoms with van der Waals surface area (Å²) in [7, 11) is 1.49. The normalized spacial score (nSPS) is 12.8. The Hall–Kier alpha value is -5.38. The number of fused-ring (bicyclic) bond motifs is 1. The molecule has 7 rings (SSSR count). The molecule has 0 aliphatic heterocycles. The van der Waals surface area contributed by atoms with Gasteiger partial charge in [0.05, 0.1) is 23.1 Å². The van der Waals surface area contributed by atoms with Crippen LogP contribution in [-0.4, -0.2) is 34.6 Å². The summed E-state index contributed by atoms with van der Waals surface area (Å²) in [5.41, 5.74) is 0.865. The maximum absolute atomic E-state index is 15.0. The number of anilines is 3. The van der Waals surface area contributed by atoms with Gasteiger partial charge in [-0.1, -0.05) is 41.6 Å². The molecule has 1 aliphatic rings. The predicted octanol–water partition coefficient (Wildman–Crippen LogP) is 4.88. The summed E-state index contributed by atoms with van der Waals surface area (Å²) in [5, 5.41) is 14.1. The summed E-state index contributed by atoms with van der Waals surface area (Å²) in [6.07, 6.45) is 2.96. The quantitative estimate of drug-likeness (QED) is 0.211. The van der Waals surface area contributed by atoms with Gasteiger partial charge in [0.15, 0.2) is 0 Å². The highest BCUT2D eigenvalue weighted by Gasteiger charge is 2.31. The van der Waals surface area contributed by atoms with Gasteiger partial charge in [0.1, 0.15) is 29.3 Å². The first-order chi connectivity index (χ1) is 23.1. The van der Waals surface area contributed by atoms with E-state index >= 15 is 4.39 Å². The molecule has 1 aliphatic carbocycles. The fourth-order valence-electron chi connectivity index (χ4n) is 5.76. The number of aryl methyl sites for hydroxylation is 1. The lowest BCUT2D eigenvalue weighted by Gasteiger charge is -2.21. The summed E-state index contributed by atoms with van der Waals surface area (Å²) < 4.78 is 20.9. The average Bonchev–Trinajstić information content (AvgIpc) is 3.79. The van der Waals surface area contributed by atoms with Gasteiger partial charge in [0.2, 0.25) is 5.91 Å². The molecule has 0 unspecified atom stereocenters. The maximum atomic E-state index is 15.0. The van der Waals surface area contributed by atoms with Crippen molar-refractivity contribution in [2.45, 2.75) is 32.4 Å². The van der Waals surface area contributed by atoms with Gasteiger partial charge in [-0.05, 0) is 78.8 Å². The molecule has 48 heavy (non-hydrogen) atoms. The number of hydrogen-bond acceptors (Lipinski definition) is 7. The van der Waals surface area contributed by atoms with Gasteiger partial charge in [0.25, 0.3) is 11.1 Å². The third-order valence-electron chi connectivity index (χ3n) is 8.24. The van der Waals surface area contributed by atoms with Crippen LogP contribution in [-0.2, 0) is 18.4 Å². The molecule has 6 aromatic rings. The molecule has 0 spiro atoms. The van der Waals surface area contributed by atoms with Crippen molar-refractivity contribution in [1.82, 2.24) is 28.7 Å². The van der Waals surface area contributed by atoms with Crippen LogP contribution in [0.5, 0.6) is 0 Å². The Morgan fingerprint density at radius 3 is 2.50 bits per heavy atom. The second-order valence-corrected chi connectivity index (χ2v) is 12.8. The van der Waals surface area contributed by atoms with E-state index in [9.17, 15) is 19.2 Å². The second kappa shape index (κ2) is 12.3. The molecule has 0 saturated heterocycles. The van der Waals surface area contributed by atoms with Crippen molar-refractivity contribution in [1.29, 1.82) is 0 Å². The summed E-state index contributed by atoms with van der Waals surface area (Å²) in [5.74, 6) is -0.890. The standard InChI is InChI=1S/C34H28FIN8O4/c1-19-30-29(31(41(2)32(19)46)38-26-14-11-21(36)15-25(26)35)33(47)44(23-12-13-23)34(48)43(30)24-10-6-9-22(16-24)37-28(45)18-42-17-27(39-40-42)20-7-4-3-5-8-20/h3-11,14-17,23,38H,12-13,18H2,1-2H3,(H,37,45). The molecule has 14 heteroatoms. The number of pyridine rings is 1. The number of nitrogens with one attached hydrogen (secondary N) is 2. The van der Waals surface area contributed by atoms with E-state index in [-0.39, 0.29) is 46.5 Å². The first-order valence-electron chi connectivity index (χ1n) is 15.1. The lowest BCUT2D eigenvalue weighted by molar-refractivity contribution is -0.116. The lowest BCUT2D eigenvalue weighted by Crippen LogP contribution is -2.41. The molecular formula is C34H28FIN8O4. The van der Waals surface area contributed by atoms with E-state index < -0.39 is 22.6 Å². The molecule has 12 nitrogen and oxygen atoms in total. The number of carbonyl (C=O) groups excluding carboxylic acids is 1. The third kappa shape index (κ3) is 5.72. The Balaban J connectivity index is 1.31. The van der Waals surface area contributed by atoms with Crippen LogP contribution in [0.1, 0.15) is 24.4 Å². The molecule has 0 bridgehead atoms. The minimum atomic E-state index is -0.614. The van der Waals surface area contributed by atoms with Crippen LogP contribution in [0, 0.1) is 16.3 Å². The molecule has 1 amide bonds. The van der Waals surface area contributed by atoms with E-state index in [4.69, 9.17) is 0 Å². The highest BCUT2D eigenvalue weighted by molar-refractivity contribution is 14.1. The molecule has 2 N–H and O–H groups in total. The third-order valence-corrected chi connectivity index (χ3v) is 8.91. The van der Waals surface area contributed by atoms with E-state index in [2.05, 4.69) is 20.9 Å². The summed E-state index contributed by atoms with van der Waals surface area (Å²) in [6.45, 7) is 1.43. The van der Waals surface area contributed by atoms with Gasteiger partial charge in [-0.3, -0.25) is 28.1 Å². The zero-order valence-corrected chi connectivity index (χ0v) is 27.9. The maximum Gasteiger partial charge on any atom is 0.336 e. The van der Waals surface area contributed by atoms with Crippen LogP contribution in [0.3, 0.4) is 0 Å². The number of hydrogen-bond donors (Lipinski definition) is 2. The van der Waals surface area contributed by atoms with Crippen LogP contribution in [0.4, 0.5) is 21.6 Å². The molecule has 1 saturated carbocycles. The minimum absolute atomic E-state index is 0.0565. The number of halogens is 2. The Kier molecular flexibility index (Phi) is 8.02. The number of amides is 1. The van der Waals surface area contributed by atoms with Crippen molar-refractivity contribution in [3.63, 3.8) is 0 Å². The van der Waals surface area contributed by atoms with Crippen molar-refractivity contribution < 1.29 is 9.18 Å². The van der Waals surface area contributed by atoms with Crippen LogP contribution >= 0.6 is 22.6 Å². The van der Waals surface area contributed by atoms with Gasteiger partial charge in [-0.15, -0.1) is 5.10 Å². The Labute approximate surface area is 285 Å². The number of rotatable bonds is 8. The van der Waals surface area contributed by atoms with Gasteiger partial charge in [0, 0.05) is 33.5 Å². The van der Waals surface area contributed by atoms with E-state index in [1.165, 1.54) is 37.6 Å². The molecule has 3 aromatic heterocycles. The number of aromatic nitrogens is 6. The molecule has 3 aromatic carbocycles. The monoisotopic (exact) mass is 758 g/mol. The van der Waals surface area contributed by atoms with E-state index in [0.717, 1.165) is 5.56 Å². The number of carbonyl (C=O) groups is 1. The molecule has 242 valence electrons. The molecule has 3 heterocycles. The van der Waals surface area contributed by atoms with Crippen LogP contribution in [0.25, 0.3) is 27.8 Å². The fourth-order valence-corrected chi connectivity index (χ4v) is 6.21. The SMILES string of the molecule is Cc1c(=O)n(C)c(Nc2ccc(I)cc2F)c2c(=O)n(C3CC3)c(=O)n(-c3cccc(NC(=O)Cn4cc(-c5ccccc5)nn4)c3)c12. The van der Waals surface area contributed by atoms with Crippen molar-refractivity contribution in [2.24, 2.45) is 7.05 Å². The summed E-state index contributed by atoms with van der Waals surface area (Å²) in [6, 6.07) is 20.3. The highest BCUT2D eigenvalue weighted by Crippen LogP contribution is 2.34.